The van der Waals surface area contributed by atoms with Crippen LogP contribution in [-0.2, 0) is 4.18 Å². The third kappa shape index (κ3) is 3.62. The highest BCUT2D eigenvalue weighted by atomic mass is 32.1. The lowest BCUT2D eigenvalue weighted by Gasteiger charge is -1.75. The summed E-state index contributed by atoms with van der Waals surface area (Å²) in [6.07, 6.45) is -0.931. The second kappa shape index (κ2) is 1.90. The zero-order chi connectivity index (χ0) is 4.28. The average molecular weight is 92.1 g/mol. The Balaban J connectivity index is 2.85. The van der Waals surface area contributed by atoms with E-state index < -0.39 is 6.09 Å². The summed E-state index contributed by atoms with van der Waals surface area (Å²) in [4.78, 5) is 9.26. The number of carbonyl (C=O) groups is 1. The third-order valence-electron chi connectivity index (χ3n) is 0.0821. The fraction of sp³-hybridized carbons (Fsp3) is 0. The van der Waals surface area contributed by atoms with Crippen molar-refractivity contribution in [2.45, 2.75) is 0 Å². The summed E-state index contributed by atoms with van der Waals surface area (Å²) in [5, 5.41) is 0. The van der Waals surface area contributed by atoms with Crippen LogP contribution in [0.4, 0.5) is 4.79 Å². The quantitative estimate of drug-likeness (QED) is 0.464. The lowest BCUT2D eigenvalue weighted by molar-refractivity contribution is 0.219. The van der Waals surface area contributed by atoms with E-state index in [0.717, 1.165) is 0 Å². The molecule has 0 rings (SSSR count). The minimum Gasteiger partial charge on any atom is -0.360 e. The molecule has 1 amide bonds. The van der Waals surface area contributed by atoms with Gasteiger partial charge >= 0.3 is 6.09 Å². The van der Waals surface area contributed by atoms with Gasteiger partial charge < -0.3 is 9.92 Å². The molecule has 0 aromatic heterocycles. The Morgan fingerprint density at radius 1 is 2.00 bits per heavy atom. The first-order valence-electron chi connectivity index (χ1n) is 0.864. The molecule has 2 N–H and O–H groups in total. The van der Waals surface area contributed by atoms with Gasteiger partial charge in [0.05, 0.1) is 0 Å². The predicted molar refractivity (Wildman–Crippen MR) is 18.3 cm³/mol. The Morgan fingerprint density at radius 2 is 2.20 bits per heavy atom. The number of rotatable bonds is 0. The highest BCUT2D eigenvalue weighted by molar-refractivity contribution is 7.75. The molecule has 0 heterocycles. The van der Waals surface area contributed by atoms with E-state index >= 15 is 0 Å². The highest BCUT2D eigenvalue weighted by Crippen LogP contribution is 1.71. The van der Waals surface area contributed by atoms with Crippen molar-refractivity contribution in [2.75, 3.05) is 0 Å². The van der Waals surface area contributed by atoms with Gasteiger partial charge in [0.15, 0.2) is 12.9 Å². The molecular weight excluding hydrogens is 90.1 g/mol. The van der Waals surface area contributed by atoms with Crippen molar-refractivity contribution in [3.8, 4) is 0 Å². The van der Waals surface area contributed by atoms with Crippen LogP contribution >= 0.6 is 12.9 Å². The Hall–Kier alpha value is -0.380. The van der Waals surface area contributed by atoms with Crippen molar-refractivity contribution >= 4 is 19.0 Å². The number of hydrogen-bond acceptors (Lipinski definition) is 2. The summed E-state index contributed by atoms with van der Waals surface area (Å²) in [6, 6.07) is 0. The zero-order valence-electron chi connectivity index (χ0n) is 2.30. The topological polar surface area (TPSA) is 52.3 Å². The first-order chi connectivity index (χ1) is 2.27. The number of amides is 1. The van der Waals surface area contributed by atoms with Crippen LogP contribution in [-0.4, -0.2) is 6.09 Å². The van der Waals surface area contributed by atoms with Crippen LogP contribution in [0.2, 0.25) is 0 Å². The number of primary amides is 1. The number of carbonyl (C=O) groups excluding carboxylic acids is 1. The van der Waals surface area contributed by atoms with E-state index in [1.807, 2.05) is 0 Å². The molecule has 0 fully saturated rings. The van der Waals surface area contributed by atoms with Crippen LogP contribution in [0.1, 0.15) is 0 Å². The summed E-state index contributed by atoms with van der Waals surface area (Å²) in [7, 11) is 0. The molecule has 3 nitrogen and oxygen atoms in total. The van der Waals surface area contributed by atoms with Crippen molar-refractivity contribution in [1.82, 2.24) is 0 Å². The molecule has 0 atom stereocenters. The van der Waals surface area contributed by atoms with Crippen LogP contribution in [0, 0.1) is 0 Å². The van der Waals surface area contributed by atoms with E-state index in [2.05, 4.69) is 22.8 Å². The van der Waals surface area contributed by atoms with Crippen LogP contribution in [0.3, 0.4) is 0 Å². The van der Waals surface area contributed by atoms with Gasteiger partial charge in [0, 0.05) is 0 Å². The maximum Gasteiger partial charge on any atom is 0.417 e. The van der Waals surface area contributed by atoms with Gasteiger partial charge in [-0.15, -0.1) is 0 Å². The van der Waals surface area contributed by atoms with Crippen LogP contribution in [0.15, 0.2) is 0 Å². The molecule has 0 aromatic rings. The van der Waals surface area contributed by atoms with E-state index in [1.54, 1.807) is 0 Å². The van der Waals surface area contributed by atoms with Crippen molar-refractivity contribution < 1.29 is 8.98 Å². The summed E-state index contributed by atoms with van der Waals surface area (Å²) in [6.45, 7) is 0. The molecule has 0 aliphatic rings. The van der Waals surface area contributed by atoms with Gasteiger partial charge in [0.1, 0.15) is 0 Å². The molecule has 0 bridgehead atoms. The highest BCUT2D eigenvalue weighted by Gasteiger charge is 1.79. The van der Waals surface area contributed by atoms with Gasteiger partial charge in [0.25, 0.3) is 0 Å². The summed E-state index contributed by atoms with van der Waals surface area (Å²) >= 11 is 3.70. The van der Waals surface area contributed by atoms with Gasteiger partial charge in [-0.3, -0.25) is 0 Å². The fourth-order valence-electron chi connectivity index (χ4n) is 0. The molecule has 0 saturated heterocycles. The first kappa shape index (κ1) is 4.62. The number of hydrogen-bond donors (Lipinski definition) is 1. The molecule has 0 unspecified atom stereocenters. The van der Waals surface area contributed by atoms with Crippen LogP contribution < -0.4 is 5.73 Å². The molecule has 29 valence electrons. The van der Waals surface area contributed by atoms with Gasteiger partial charge in [-0.2, -0.15) is 0 Å². The smallest absolute Gasteiger partial charge is 0.360 e. The Labute approximate surface area is 34.7 Å². The molecule has 0 aliphatic carbocycles. The van der Waals surface area contributed by atoms with Crippen LogP contribution in [0.5, 0.6) is 0 Å². The maximum atomic E-state index is 9.26. The average Bonchev–Trinajstić information content (AvgIpc) is 1.38. The molecule has 0 saturated carbocycles. The molecule has 0 aliphatic heterocycles. The van der Waals surface area contributed by atoms with Crippen molar-refractivity contribution in [2.24, 2.45) is 5.73 Å². The second-order valence-electron chi connectivity index (χ2n) is 0.402. The Morgan fingerprint density at radius 3 is 2.20 bits per heavy atom. The van der Waals surface area contributed by atoms with Gasteiger partial charge in [0.2, 0.25) is 0 Å². The number of nitrogens with two attached hydrogens (primary N) is 1. The minimum absolute atomic E-state index is 0.931. The van der Waals surface area contributed by atoms with Crippen molar-refractivity contribution in [3.63, 3.8) is 0 Å². The molecule has 5 heavy (non-hydrogen) atoms. The SMILES string of the molecule is NC(=O)O[S]. The largest absolute Gasteiger partial charge is 0.417 e. The maximum absolute atomic E-state index is 9.26. The second-order valence-corrected chi connectivity index (χ2v) is 0.569. The van der Waals surface area contributed by atoms with Gasteiger partial charge in [-0.25, -0.2) is 4.79 Å². The normalized spacial score (nSPS) is 6.60. The predicted octanol–water partition coefficient (Wildman–Crippen LogP) is 0.194. The minimum atomic E-state index is -0.931. The van der Waals surface area contributed by atoms with E-state index in [0.29, 0.717) is 0 Å². The van der Waals surface area contributed by atoms with Crippen LogP contribution in [0.25, 0.3) is 0 Å². The lowest BCUT2D eigenvalue weighted by atomic mass is 11.3. The molecule has 0 spiro atoms. The van der Waals surface area contributed by atoms with Gasteiger partial charge in [-0.05, 0) is 0 Å². The summed E-state index contributed by atoms with van der Waals surface area (Å²) < 4.78 is 3.47. The molecular formula is CH2NO2S. The zero-order valence-corrected chi connectivity index (χ0v) is 3.12. The Bertz CT molecular complexity index is 44.9. The lowest BCUT2D eigenvalue weighted by Crippen LogP contribution is -2.06. The van der Waals surface area contributed by atoms with E-state index in [9.17, 15) is 4.79 Å². The molecule has 4 heteroatoms. The monoisotopic (exact) mass is 92.0 g/mol. The first-order valence-corrected chi connectivity index (χ1v) is 1.20. The standard InChI is InChI=1S/CH2NO2S/c2-1(3)4-5/h(H2,2,3). The van der Waals surface area contributed by atoms with E-state index in [4.69, 9.17) is 0 Å². The molecule has 0 aromatic carbocycles. The summed E-state index contributed by atoms with van der Waals surface area (Å²) in [5.74, 6) is 0. The van der Waals surface area contributed by atoms with Gasteiger partial charge in [-0.1, -0.05) is 0 Å². The fourth-order valence-corrected chi connectivity index (χ4v) is 0. The van der Waals surface area contributed by atoms with E-state index in [1.165, 1.54) is 0 Å². The Kier molecular flexibility index (Phi) is 1.75. The third-order valence-corrected chi connectivity index (χ3v) is 0.246. The van der Waals surface area contributed by atoms with E-state index in [-0.39, 0.29) is 0 Å². The molecule has 1 radical (unpaired) electrons. The van der Waals surface area contributed by atoms with Crippen molar-refractivity contribution in [3.05, 3.63) is 0 Å². The van der Waals surface area contributed by atoms with Crippen molar-refractivity contribution in [1.29, 1.82) is 0 Å². The summed E-state index contributed by atoms with van der Waals surface area (Å²) in [5.41, 5.74) is 4.33.